The lowest BCUT2D eigenvalue weighted by atomic mass is 9.84. The van der Waals surface area contributed by atoms with Gasteiger partial charge in [0.15, 0.2) is 0 Å². The summed E-state index contributed by atoms with van der Waals surface area (Å²) in [5.41, 5.74) is 3.88. The summed E-state index contributed by atoms with van der Waals surface area (Å²) in [6, 6.07) is 12.8. The molecule has 1 fully saturated rings. The second kappa shape index (κ2) is 8.37. The van der Waals surface area contributed by atoms with Crippen LogP contribution >= 0.6 is 0 Å². The molecule has 0 unspecified atom stereocenters. The zero-order valence-corrected chi connectivity index (χ0v) is 15.6. The van der Waals surface area contributed by atoms with E-state index in [-0.39, 0.29) is 5.92 Å². The van der Waals surface area contributed by atoms with Gasteiger partial charge >= 0.3 is 0 Å². The van der Waals surface area contributed by atoms with E-state index in [1.807, 2.05) is 0 Å². The molecular weight excluding hydrogens is 308 g/mol. The van der Waals surface area contributed by atoms with Crippen molar-refractivity contribution < 1.29 is 4.79 Å². The van der Waals surface area contributed by atoms with Gasteiger partial charge in [0, 0.05) is 30.9 Å². The van der Waals surface area contributed by atoms with Crippen molar-refractivity contribution in [3.05, 3.63) is 59.4 Å². The highest BCUT2D eigenvalue weighted by Gasteiger charge is 2.29. The molecule has 134 valence electrons. The Kier molecular flexibility index (Phi) is 5.95. The van der Waals surface area contributed by atoms with E-state index < -0.39 is 0 Å². The lowest BCUT2D eigenvalue weighted by molar-refractivity contribution is -0.139. The van der Waals surface area contributed by atoms with Crippen LogP contribution in [0.4, 0.5) is 0 Å². The number of carbonyl (C=O) groups excluding carboxylic acids is 1. The lowest BCUT2D eigenvalue weighted by Gasteiger charge is -2.32. The maximum atomic E-state index is 12.8. The van der Waals surface area contributed by atoms with Crippen molar-refractivity contribution in [2.24, 2.45) is 5.92 Å². The molecule has 1 heterocycles. The summed E-state index contributed by atoms with van der Waals surface area (Å²) in [6.45, 7) is 6.82. The van der Waals surface area contributed by atoms with Gasteiger partial charge in [0.1, 0.15) is 0 Å². The Morgan fingerprint density at radius 2 is 2.00 bits per heavy atom. The molecule has 1 amide bonds. The minimum atomic E-state index is 0.275. The largest absolute Gasteiger partial charge is 0.345 e. The number of amides is 1. The van der Waals surface area contributed by atoms with Gasteiger partial charge in [-0.05, 0) is 49.4 Å². The fourth-order valence-electron chi connectivity index (χ4n) is 3.44. The first-order valence-electron chi connectivity index (χ1n) is 9.66. The van der Waals surface area contributed by atoms with Gasteiger partial charge in [-0.15, -0.1) is 0 Å². The Morgan fingerprint density at radius 3 is 2.68 bits per heavy atom. The van der Waals surface area contributed by atoms with Crippen molar-refractivity contribution in [2.45, 2.75) is 59.0 Å². The standard InChI is InChI=1S/C22H30N2O/c1-3-4-14-24(22(25)19-11-7-12-19)17-21-13-8-15-23(21)16-20-10-6-5-9-18(20)2/h5-6,8-10,13,15,19H,3-4,7,11-12,14,16-17H2,1-2H3. The number of nitrogens with zero attached hydrogens (tertiary/aromatic N) is 2. The third kappa shape index (κ3) is 4.33. The van der Waals surface area contributed by atoms with Crippen LogP contribution in [0.3, 0.4) is 0 Å². The SMILES string of the molecule is CCCCN(Cc1cccn1Cc1ccccc1C)C(=O)C1CCC1. The first kappa shape index (κ1) is 17.8. The van der Waals surface area contributed by atoms with Crippen LogP contribution in [0.1, 0.15) is 55.8 Å². The number of unbranched alkanes of at least 4 members (excludes halogenated alkanes) is 1. The van der Waals surface area contributed by atoms with E-state index in [0.717, 1.165) is 45.3 Å². The number of rotatable bonds is 8. The van der Waals surface area contributed by atoms with E-state index in [0.29, 0.717) is 5.91 Å². The Labute approximate surface area is 151 Å². The number of hydrogen-bond donors (Lipinski definition) is 0. The van der Waals surface area contributed by atoms with Crippen LogP contribution in [0.2, 0.25) is 0 Å². The number of benzene rings is 1. The van der Waals surface area contributed by atoms with Crippen molar-refractivity contribution >= 4 is 5.91 Å². The summed E-state index contributed by atoms with van der Waals surface area (Å²) in [7, 11) is 0. The van der Waals surface area contributed by atoms with Gasteiger partial charge in [-0.2, -0.15) is 0 Å². The molecule has 3 nitrogen and oxygen atoms in total. The summed E-state index contributed by atoms with van der Waals surface area (Å²) in [5, 5.41) is 0. The fourth-order valence-corrected chi connectivity index (χ4v) is 3.44. The molecule has 1 aliphatic rings. The number of aryl methyl sites for hydroxylation is 1. The van der Waals surface area contributed by atoms with E-state index in [1.54, 1.807) is 0 Å². The van der Waals surface area contributed by atoms with Crippen molar-refractivity contribution in [1.82, 2.24) is 9.47 Å². The highest BCUT2D eigenvalue weighted by molar-refractivity contribution is 5.79. The summed E-state index contributed by atoms with van der Waals surface area (Å²) >= 11 is 0. The monoisotopic (exact) mass is 338 g/mol. The van der Waals surface area contributed by atoms with Gasteiger partial charge in [0.2, 0.25) is 5.91 Å². The van der Waals surface area contributed by atoms with Crippen molar-refractivity contribution in [1.29, 1.82) is 0 Å². The molecule has 0 saturated heterocycles. The molecule has 3 rings (SSSR count). The Bertz CT molecular complexity index is 700. The van der Waals surface area contributed by atoms with Crippen LogP contribution in [-0.4, -0.2) is 21.9 Å². The third-order valence-corrected chi connectivity index (χ3v) is 5.43. The average Bonchev–Trinajstić information content (AvgIpc) is 2.98. The van der Waals surface area contributed by atoms with Crippen molar-refractivity contribution in [3.63, 3.8) is 0 Å². The Hall–Kier alpha value is -2.03. The summed E-state index contributed by atoms with van der Waals surface area (Å²) in [6.07, 6.45) is 7.70. The topological polar surface area (TPSA) is 25.2 Å². The predicted octanol–water partition coefficient (Wildman–Crippen LogP) is 4.77. The molecule has 0 radical (unpaired) electrons. The molecule has 1 aromatic carbocycles. The molecule has 1 saturated carbocycles. The van der Waals surface area contributed by atoms with Crippen molar-refractivity contribution in [2.75, 3.05) is 6.54 Å². The van der Waals surface area contributed by atoms with Gasteiger partial charge in [0.25, 0.3) is 0 Å². The zero-order chi connectivity index (χ0) is 17.6. The van der Waals surface area contributed by atoms with Gasteiger partial charge in [0.05, 0.1) is 6.54 Å². The molecule has 0 aliphatic heterocycles. The molecular formula is C22H30N2O. The van der Waals surface area contributed by atoms with Crippen LogP contribution in [0.5, 0.6) is 0 Å². The summed E-state index contributed by atoms with van der Waals surface area (Å²) in [5.74, 6) is 0.639. The number of carbonyl (C=O) groups is 1. The molecule has 1 aromatic heterocycles. The van der Waals surface area contributed by atoms with Crippen LogP contribution in [0.25, 0.3) is 0 Å². The lowest BCUT2D eigenvalue weighted by Crippen LogP contribution is -2.39. The minimum absolute atomic E-state index is 0.275. The highest BCUT2D eigenvalue weighted by atomic mass is 16.2. The van der Waals surface area contributed by atoms with Crippen LogP contribution in [0, 0.1) is 12.8 Å². The number of hydrogen-bond acceptors (Lipinski definition) is 1. The van der Waals surface area contributed by atoms with E-state index >= 15 is 0 Å². The predicted molar refractivity (Wildman–Crippen MR) is 102 cm³/mol. The molecule has 0 spiro atoms. The molecule has 2 aromatic rings. The van der Waals surface area contributed by atoms with E-state index in [4.69, 9.17) is 0 Å². The van der Waals surface area contributed by atoms with Gasteiger partial charge in [-0.25, -0.2) is 0 Å². The van der Waals surface area contributed by atoms with E-state index in [2.05, 4.69) is 65.9 Å². The first-order chi connectivity index (χ1) is 12.2. The van der Waals surface area contributed by atoms with E-state index in [9.17, 15) is 4.79 Å². The minimum Gasteiger partial charge on any atom is -0.345 e. The molecule has 3 heteroatoms. The zero-order valence-electron chi connectivity index (χ0n) is 15.6. The highest BCUT2D eigenvalue weighted by Crippen LogP contribution is 2.29. The maximum absolute atomic E-state index is 12.8. The molecule has 1 aliphatic carbocycles. The first-order valence-corrected chi connectivity index (χ1v) is 9.66. The number of aromatic nitrogens is 1. The summed E-state index contributed by atoms with van der Waals surface area (Å²) < 4.78 is 2.29. The van der Waals surface area contributed by atoms with Crippen LogP contribution in [0.15, 0.2) is 42.6 Å². The normalized spacial score (nSPS) is 14.3. The Morgan fingerprint density at radius 1 is 1.20 bits per heavy atom. The molecule has 0 N–H and O–H groups in total. The van der Waals surface area contributed by atoms with Gasteiger partial charge < -0.3 is 9.47 Å². The van der Waals surface area contributed by atoms with Gasteiger partial charge in [-0.3, -0.25) is 4.79 Å². The smallest absolute Gasteiger partial charge is 0.226 e. The fraction of sp³-hybridized carbons (Fsp3) is 0.500. The molecule has 25 heavy (non-hydrogen) atoms. The molecule has 0 bridgehead atoms. The summed E-state index contributed by atoms with van der Waals surface area (Å²) in [4.78, 5) is 14.9. The van der Waals surface area contributed by atoms with Gasteiger partial charge in [-0.1, -0.05) is 44.0 Å². The molecule has 0 atom stereocenters. The van der Waals surface area contributed by atoms with E-state index in [1.165, 1.54) is 23.2 Å². The second-order valence-electron chi connectivity index (χ2n) is 7.30. The van der Waals surface area contributed by atoms with Crippen LogP contribution < -0.4 is 0 Å². The quantitative estimate of drug-likeness (QED) is 0.680. The third-order valence-electron chi connectivity index (χ3n) is 5.43. The van der Waals surface area contributed by atoms with Crippen molar-refractivity contribution in [3.8, 4) is 0 Å². The maximum Gasteiger partial charge on any atom is 0.226 e. The second-order valence-corrected chi connectivity index (χ2v) is 7.30. The van der Waals surface area contributed by atoms with Crippen LogP contribution in [-0.2, 0) is 17.9 Å². The Balaban J connectivity index is 1.72. The average molecular weight is 338 g/mol.